The lowest BCUT2D eigenvalue weighted by Crippen LogP contribution is -2.52. The maximum atomic E-state index is 13.3. The number of halogens is 1. The number of benzene rings is 1. The third-order valence-corrected chi connectivity index (χ3v) is 6.76. The van der Waals surface area contributed by atoms with Gasteiger partial charge in [0.1, 0.15) is 5.82 Å². The van der Waals surface area contributed by atoms with Gasteiger partial charge in [-0.3, -0.25) is 9.69 Å². The molecular weight excluding hydrogens is 399 g/mol. The van der Waals surface area contributed by atoms with Crippen molar-refractivity contribution in [3.63, 3.8) is 0 Å². The number of rotatable bonds is 6. The van der Waals surface area contributed by atoms with E-state index in [9.17, 15) is 9.18 Å². The van der Waals surface area contributed by atoms with Gasteiger partial charge >= 0.3 is 0 Å². The Hall–Kier alpha value is -2.32. The highest BCUT2D eigenvalue weighted by Crippen LogP contribution is 2.46. The molecule has 0 N–H and O–H groups in total. The van der Waals surface area contributed by atoms with Crippen LogP contribution in [0.15, 0.2) is 28.8 Å². The van der Waals surface area contributed by atoms with Gasteiger partial charge in [-0.2, -0.15) is 4.98 Å². The molecule has 0 spiro atoms. The minimum atomic E-state index is -0.296. The molecule has 1 saturated carbocycles. The van der Waals surface area contributed by atoms with Crippen molar-refractivity contribution in [3.8, 4) is 11.5 Å². The number of hydrogen-bond acceptors (Lipinski definition) is 6. The normalized spacial score (nSPS) is 25.0. The summed E-state index contributed by atoms with van der Waals surface area (Å²) >= 11 is 0. The number of hydrogen-bond donors (Lipinski definition) is 0. The van der Waals surface area contributed by atoms with Crippen molar-refractivity contribution in [2.75, 3.05) is 45.9 Å². The van der Waals surface area contributed by atoms with Crippen LogP contribution in [-0.4, -0.2) is 71.8 Å². The Labute approximate surface area is 181 Å². The van der Waals surface area contributed by atoms with Gasteiger partial charge in [0, 0.05) is 31.7 Å². The minimum absolute atomic E-state index is 0.170. The molecule has 8 heteroatoms. The molecule has 31 heavy (non-hydrogen) atoms. The van der Waals surface area contributed by atoms with E-state index in [-0.39, 0.29) is 17.1 Å². The Kier molecular flexibility index (Phi) is 5.75. The first-order chi connectivity index (χ1) is 15.1. The first-order valence-electron chi connectivity index (χ1n) is 11.3. The van der Waals surface area contributed by atoms with E-state index in [0.29, 0.717) is 49.5 Å². The largest absolute Gasteiger partial charge is 0.379 e. The number of piperidine rings is 1. The molecule has 3 fully saturated rings. The van der Waals surface area contributed by atoms with Gasteiger partial charge in [-0.1, -0.05) is 18.0 Å². The van der Waals surface area contributed by atoms with Gasteiger partial charge in [0.2, 0.25) is 5.91 Å². The lowest BCUT2D eigenvalue weighted by Gasteiger charge is -2.42. The second-order valence-corrected chi connectivity index (χ2v) is 9.17. The highest BCUT2D eigenvalue weighted by atomic mass is 19.1. The second-order valence-electron chi connectivity index (χ2n) is 9.17. The molecule has 3 aliphatic rings. The standard InChI is InChI=1S/C23H29FN4O3/c24-19-6-4-18(5-7-19)21-25-22(26-31-21)23(14-17-2-3-17)8-1-9-28(16-23)20(29)15-27-10-12-30-13-11-27/h4-7,17H,1-3,8-16H2. The lowest BCUT2D eigenvalue weighted by molar-refractivity contribution is -0.136. The molecule has 2 aromatic rings. The highest BCUT2D eigenvalue weighted by Gasteiger charge is 2.46. The fraction of sp³-hybridized carbons (Fsp3) is 0.609. The van der Waals surface area contributed by atoms with Crippen molar-refractivity contribution in [3.05, 3.63) is 35.9 Å². The first-order valence-corrected chi connectivity index (χ1v) is 11.3. The number of aromatic nitrogens is 2. The van der Waals surface area contributed by atoms with E-state index in [2.05, 4.69) is 10.1 Å². The monoisotopic (exact) mass is 428 g/mol. The van der Waals surface area contributed by atoms with Crippen LogP contribution < -0.4 is 0 Å². The van der Waals surface area contributed by atoms with Crippen LogP contribution >= 0.6 is 0 Å². The summed E-state index contributed by atoms with van der Waals surface area (Å²) in [6.07, 6.45) is 5.32. The quantitative estimate of drug-likeness (QED) is 0.705. The summed E-state index contributed by atoms with van der Waals surface area (Å²) in [6, 6.07) is 6.09. The van der Waals surface area contributed by atoms with Crippen molar-refractivity contribution >= 4 is 5.91 Å². The van der Waals surface area contributed by atoms with E-state index >= 15 is 0 Å². The van der Waals surface area contributed by atoms with Gasteiger partial charge in [-0.15, -0.1) is 0 Å². The van der Waals surface area contributed by atoms with Crippen LogP contribution in [-0.2, 0) is 14.9 Å². The number of amides is 1. The summed E-state index contributed by atoms with van der Waals surface area (Å²) in [5.41, 5.74) is 0.430. The number of carbonyl (C=O) groups excluding carboxylic acids is 1. The fourth-order valence-electron chi connectivity index (χ4n) is 4.86. The average molecular weight is 429 g/mol. The number of morpholine rings is 1. The first kappa shape index (κ1) is 20.6. The number of carbonyl (C=O) groups is 1. The highest BCUT2D eigenvalue weighted by molar-refractivity contribution is 5.78. The van der Waals surface area contributed by atoms with E-state index in [0.717, 1.165) is 38.9 Å². The summed E-state index contributed by atoms with van der Waals surface area (Å²) in [5.74, 6) is 1.63. The molecule has 7 nitrogen and oxygen atoms in total. The van der Waals surface area contributed by atoms with E-state index < -0.39 is 0 Å². The molecule has 0 radical (unpaired) electrons. The zero-order valence-corrected chi connectivity index (χ0v) is 17.8. The van der Waals surface area contributed by atoms with Crippen LogP contribution in [0.4, 0.5) is 4.39 Å². The summed E-state index contributed by atoms with van der Waals surface area (Å²) in [4.78, 5) is 22.0. The van der Waals surface area contributed by atoms with Crippen LogP contribution in [0, 0.1) is 11.7 Å². The van der Waals surface area contributed by atoms with Crippen molar-refractivity contribution in [2.45, 2.75) is 37.5 Å². The topological polar surface area (TPSA) is 71.7 Å². The zero-order valence-electron chi connectivity index (χ0n) is 17.8. The Morgan fingerprint density at radius 1 is 1.16 bits per heavy atom. The van der Waals surface area contributed by atoms with E-state index in [1.165, 1.54) is 25.0 Å². The van der Waals surface area contributed by atoms with Gasteiger partial charge in [0.05, 0.1) is 25.2 Å². The Bertz CT molecular complexity index is 908. The molecule has 1 aliphatic carbocycles. The van der Waals surface area contributed by atoms with E-state index in [1.807, 2.05) is 4.90 Å². The molecule has 2 saturated heterocycles. The fourth-order valence-corrected chi connectivity index (χ4v) is 4.86. The van der Waals surface area contributed by atoms with Crippen molar-refractivity contribution in [1.82, 2.24) is 19.9 Å². The molecule has 3 heterocycles. The summed E-state index contributed by atoms with van der Waals surface area (Å²) < 4.78 is 24.3. The van der Waals surface area contributed by atoms with Gasteiger partial charge < -0.3 is 14.2 Å². The molecule has 0 bridgehead atoms. The molecule has 1 atom stereocenters. The molecule has 1 unspecified atom stereocenters. The minimum Gasteiger partial charge on any atom is -0.379 e. The second kappa shape index (κ2) is 8.67. The maximum Gasteiger partial charge on any atom is 0.257 e. The van der Waals surface area contributed by atoms with Crippen molar-refractivity contribution in [1.29, 1.82) is 0 Å². The van der Waals surface area contributed by atoms with Crippen molar-refractivity contribution < 1.29 is 18.4 Å². The van der Waals surface area contributed by atoms with Crippen LogP contribution in [0.3, 0.4) is 0 Å². The Morgan fingerprint density at radius 2 is 1.94 bits per heavy atom. The maximum absolute atomic E-state index is 13.3. The molecule has 166 valence electrons. The summed E-state index contributed by atoms with van der Waals surface area (Å²) in [6.45, 7) is 4.84. The van der Waals surface area contributed by atoms with Crippen LogP contribution in [0.1, 0.15) is 37.9 Å². The van der Waals surface area contributed by atoms with E-state index in [1.54, 1.807) is 12.1 Å². The van der Waals surface area contributed by atoms with Crippen LogP contribution in [0.5, 0.6) is 0 Å². The number of ether oxygens (including phenoxy) is 1. The van der Waals surface area contributed by atoms with Gasteiger partial charge in [-0.25, -0.2) is 4.39 Å². The van der Waals surface area contributed by atoms with Gasteiger partial charge in [-0.05, 0) is 49.4 Å². The van der Waals surface area contributed by atoms with Gasteiger partial charge in [0.15, 0.2) is 5.82 Å². The third-order valence-electron chi connectivity index (χ3n) is 6.76. The summed E-state index contributed by atoms with van der Waals surface area (Å²) in [7, 11) is 0. The van der Waals surface area contributed by atoms with Crippen LogP contribution in [0.25, 0.3) is 11.5 Å². The molecule has 5 rings (SSSR count). The molecule has 2 aliphatic heterocycles. The summed E-state index contributed by atoms with van der Waals surface area (Å²) in [5, 5.41) is 4.36. The van der Waals surface area contributed by atoms with E-state index in [4.69, 9.17) is 14.2 Å². The Morgan fingerprint density at radius 3 is 2.68 bits per heavy atom. The molecule has 1 aromatic carbocycles. The molecule has 1 aromatic heterocycles. The predicted octanol–water partition coefficient (Wildman–Crippen LogP) is 2.87. The SMILES string of the molecule is O=C(CN1CCOCC1)N1CCCC(CC2CC2)(c2noc(-c3ccc(F)cc3)n2)C1. The molecular formula is C23H29FN4O3. The lowest BCUT2D eigenvalue weighted by atomic mass is 9.74. The Balaban J connectivity index is 1.35. The number of nitrogens with zero attached hydrogens (tertiary/aromatic N) is 4. The predicted molar refractivity (Wildman–Crippen MR) is 112 cm³/mol. The van der Waals surface area contributed by atoms with Crippen molar-refractivity contribution in [2.24, 2.45) is 5.92 Å². The molecule has 1 amide bonds. The smallest absolute Gasteiger partial charge is 0.257 e. The number of likely N-dealkylation sites (tertiary alicyclic amines) is 1. The van der Waals surface area contributed by atoms with Crippen LogP contribution in [0.2, 0.25) is 0 Å². The third kappa shape index (κ3) is 4.65. The zero-order chi connectivity index (χ0) is 21.3. The van der Waals surface area contributed by atoms with Gasteiger partial charge in [0.25, 0.3) is 5.89 Å². The average Bonchev–Trinajstić information content (AvgIpc) is 3.45.